The molecule has 2 aliphatic heterocycles. The molecule has 1 N–H and O–H groups in total. The molecule has 76 valence electrons. The van der Waals surface area contributed by atoms with E-state index in [1.54, 1.807) is 0 Å². The van der Waals surface area contributed by atoms with Crippen molar-refractivity contribution in [3.8, 4) is 0 Å². The molecule has 0 spiro atoms. The minimum atomic E-state index is 0.487. The molecule has 0 radical (unpaired) electrons. The van der Waals surface area contributed by atoms with Crippen LogP contribution in [0, 0.1) is 0 Å². The Bertz CT molecular complexity index is 157. The first-order chi connectivity index (χ1) is 6.38. The summed E-state index contributed by atoms with van der Waals surface area (Å²) in [5, 5.41) is 3.53. The molecular formula is C10H20N2O. The summed E-state index contributed by atoms with van der Waals surface area (Å²) >= 11 is 0. The molecule has 13 heavy (non-hydrogen) atoms. The van der Waals surface area contributed by atoms with Crippen LogP contribution < -0.4 is 5.32 Å². The standard InChI is InChI=1S/C10H20N2O/c1-13-10-4-6-12(8-10)7-9-3-2-5-11-9/h9-11H,2-8H2,1H3. The third kappa shape index (κ3) is 2.42. The molecule has 2 fully saturated rings. The Morgan fingerprint density at radius 2 is 2.38 bits per heavy atom. The zero-order valence-corrected chi connectivity index (χ0v) is 8.46. The Kier molecular flexibility index (Phi) is 3.19. The van der Waals surface area contributed by atoms with Crippen LogP contribution in [0.1, 0.15) is 19.3 Å². The second kappa shape index (κ2) is 4.40. The summed E-state index contributed by atoms with van der Waals surface area (Å²) in [6, 6.07) is 0.746. The van der Waals surface area contributed by atoms with Crippen molar-refractivity contribution in [3.63, 3.8) is 0 Å². The third-order valence-corrected chi connectivity index (χ3v) is 3.20. The molecular weight excluding hydrogens is 164 g/mol. The van der Waals surface area contributed by atoms with Crippen LogP contribution in [-0.4, -0.2) is 50.3 Å². The lowest BCUT2D eigenvalue weighted by molar-refractivity contribution is 0.107. The van der Waals surface area contributed by atoms with Crippen LogP contribution >= 0.6 is 0 Å². The van der Waals surface area contributed by atoms with Crippen molar-refractivity contribution in [1.82, 2.24) is 10.2 Å². The molecule has 0 aliphatic carbocycles. The van der Waals surface area contributed by atoms with E-state index < -0.39 is 0 Å². The summed E-state index contributed by atoms with van der Waals surface area (Å²) in [4.78, 5) is 2.52. The molecule has 3 nitrogen and oxygen atoms in total. The first kappa shape index (κ1) is 9.44. The van der Waals surface area contributed by atoms with E-state index in [9.17, 15) is 0 Å². The number of hydrogen-bond donors (Lipinski definition) is 1. The summed E-state index contributed by atoms with van der Waals surface area (Å²) in [6.45, 7) is 4.79. The Labute approximate surface area is 80.4 Å². The van der Waals surface area contributed by atoms with Gasteiger partial charge in [0.2, 0.25) is 0 Å². The van der Waals surface area contributed by atoms with Crippen LogP contribution in [0.15, 0.2) is 0 Å². The summed E-state index contributed by atoms with van der Waals surface area (Å²) < 4.78 is 5.34. The first-order valence-electron chi connectivity index (χ1n) is 5.37. The van der Waals surface area contributed by atoms with Gasteiger partial charge in [0.1, 0.15) is 0 Å². The van der Waals surface area contributed by atoms with Crippen molar-refractivity contribution < 1.29 is 4.74 Å². The number of likely N-dealkylation sites (tertiary alicyclic amines) is 1. The van der Waals surface area contributed by atoms with E-state index in [0.717, 1.165) is 12.6 Å². The Morgan fingerprint density at radius 1 is 1.46 bits per heavy atom. The van der Waals surface area contributed by atoms with E-state index in [1.165, 1.54) is 38.9 Å². The van der Waals surface area contributed by atoms with Crippen LogP contribution in [-0.2, 0) is 4.74 Å². The smallest absolute Gasteiger partial charge is 0.0710 e. The van der Waals surface area contributed by atoms with Crippen LogP contribution in [0.2, 0.25) is 0 Å². The molecule has 2 rings (SSSR count). The van der Waals surface area contributed by atoms with Crippen LogP contribution in [0.25, 0.3) is 0 Å². The molecule has 0 aromatic carbocycles. The molecule has 0 saturated carbocycles. The van der Waals surface area contributed by atoms with E-state index in [-0.39, 0.29) is 0 Å². The second-order valence-corrected chi connectivity index (χ2v) is 4.20. The zero-order valence-electron chi connectivity index (χ0n) is 8.46. The second-order valence-electron chi connectivity index (χ2n) is 4.20. The van der Waals surface area contributed by atoms with Gasteiger partial charge in [-0.1, -0.05) is 0 Å². The number of nitrogens with one attached hydrogen (secondary N) is 1. The van der Waals surface area contributed by atoms with Gasteiger partial charge in [-0.05, 0) is 25.8 Å². The Morgan fingerprint density at radius 3 is 3.00 bits per heavy atom. The van der Waals surface area contributed by atoms with Crippen molar-refractivity contribution in [2.75, 3.05) is 33.3 Å². The van der Waals surface area contributed by atoms with Gasteiger partial charge in [0, 0.05) is 32.8 Å². The van der Waals surface area contributed by atoms with Gasteiger partial charge >= 0.3 is 0 Å². The summed E-state index contributed by atoms with van der Waals surface area (Å²) in [5.41, 5.74) is 0. The number of rotatable bonds is 3. The lowest BCUT2D eigenvalue weighted by atomic mass is 10.2. The van der Waals surface area contributed by atoms with Crippen molar-refractivity contribution in [3.05, 3.63) is 0 Å². The summed E-state index contributed by atoms with van der Waals surface area (Å²) in [5.74, 6) is 0. The quantitative estimate of drug-likeness (QED) is 0.689. The monoisotopic (exact) mass is 184 g/mol. The zero-order chi connectivity index (χ0) is 9.10. The van der Waals surface area contributed by atoms with Crippen molar-refractivity contribution in [1.29, 1.82) is 0 Å². The highest BCUT2D eigenvalue weighted by atomic mass is 16.5. The molecule has 2 aliphatic rings. The van der Waals surface area contributed by atoms with Crippen LogP contribution in [0.4, 0.5) is 0 Å². The maximum atomic E-state index is 5.34. The van der Waals surface area contributed by atoms with Gasteiger partial charge in [-0.15, -0.1) is 0 Å². The molecule has 0 amide bonds. The SMILES string of the molecule is COC1CCN(CC2CCCN2)C1. The van der Waals surface area contributed by atoms with Gasteiger partial charge in [0.15, 0.2) is 0 Å². The van der Waals surface area contributed by atoms with Gasteiger partial charge in [-0.2, -0.15) is 0 Å². The first-order valence-corrected chi connectivity index (χ1v) is 5.37. The average Bonchev–Trinajstić information content (AvgIpc) is 2.76. The van der Waals surface area contributed by atoms with E-state index >= 15 is 0 Å². The Balaban J connectivity index is 1.70. The minimum Gasteiger partial charge on any atom is -0.380 e. The predicted octanol–water partition coefficient (Wildman–Crippen LogP) is 0.459. The number of ether oxygens (including phenoxy) is 1. The maximum absolute atomic E-state index is 5.34. The Hall–Kier alpha value is -0.120. The van der Waals surface area contributed by atoms with Gasteiger partial charge in [0.25, 0.3) is 0 Å². The number of hydrogen-bond acceptors (Lipinski definition) is 3. The fourth-order valence-electron chi connectivity index (χ4n) is 2.38. The van der Waals surface area contributed by atoms with Gasteiger partial charge < -0.3 is 10.1 Å². The highest BCUT2D eigenvalue weighted by molar-refractivity contribution is 4.82. The highest BCUT2D eigenvalue weighted by Crippen LogP contribution is 2.14. The maximum Gasteiger partial charge on any atom is 0.0710 e. The molecule has 2 atom stereocenters. The molecule has 0 aromatic rings. The van der Waals surface area contributed by atoms with E-state index in [4.69, 9.17) is 4.74 Å². The van der Waals surface area contributed by atoms with E-state index in [0.29, 0.717) is 6.10 Å². The van der Waals surface area contributed by atoms with Gasteiger partial charge in [-0.3, -0.25) is 4.90 Å². The fourth-order valence-corrected chi connectivity index (χ4v) is 2.38. The molecule has 2 saturated heterocycles. The predicted molar refractivity (Wildman–Crippen MR) is 52.9 cm³/mol. The molecule has 3 heteroatoms. The summed E-state index contributed by atoms with van der Waals surface area (Å²) in [7, 11) is 1.82. The lowest BCUT2D eigenvalue weighted by Crippen LogP contribution is -2.36. The normalized spacial score (nSPS) is 35.8. The van der Waals surface area contributed by atoms with Gasteiger partial charge in [-0.25, -0.2) is 0 Å². The van der Waals surface area contributed by atoms with Crippen molar-refractivity contribution >= 4 is 0 Å². The average molecular weight is 184 g/mol. The van der Waals surface area contributed by atoms with E-state index in [2.05, 4.69) is 10.2 Å². The van der Waals surface area contributed by atoms with Crippen LogP contribution in [0.3, 0.4) is 0 Å². The van der Waals surface area contributed by atoms with Gasteiger partial charge in [0.05, 0.1) is 6.10 Å². The van der Waals surface area contributed by atoms with E-state index in [1.807, 2.05) is 7.11 Å². The molecule has 0 aromatic heterocycles. The largest absolute Gasteiger partial charge is 0.380 e. The molecule has 2 unspecified atom stereocenters. The molecule has 2 heterocycles. The topological polar surface area (TPSA) is 24.5 Å². The number of methoxy groups -OCH3 is 1. The van der Waals surface area contributed by atoms with Crippen LogP contribution in [0.5, 0.6) is 0 Å². The van der Waals surface area contributed by atoms with Crippen molar-refractivity contribution in [2.24, 2.45) is 0 Å². The minimum absolute atomic E-state index is 0.487. The third-order valence-electron chi connectivity index (χ3n) is 3.20. The molecule has 0 bridgehead atoms. The highest BCUT2D eigenvalue weighted by Gasteiger charge is 2.25. The van der Waals surface area contributed by atoms with Crippen molar-refractivity contribution in [2.45, 2.75) is 31.4 Å². The lowest BCUT2D eigenvalue weighted by Gasteiger charge is -2.20. The fraction of sp³-hybridized carbons (Fsp3) is 1.00. The summed E-state index contributed by atoms with van der Waals surface area (Å²) in [6.07, 6.45) is 4.41. The number of nitrogens with zero attached hydrogens (tertiary/aromatic N) is 1.